The van der Waals surface area contributed by atoms with Crippen molar-refractivity contribution in [3.05, 3.63) is 57.0 Å². The quantitative estimate of drug-likeness (QED) is 0.842. The topological polar surface area (TPSA) is 35.8 Å². The molecule has 2 aromatic rings. The van der Waals surface area contributed by atoms with Gasteiger partial charge in [-0.15, -0.1) is 0 Å². The highest BCUT2D eigenvalue weighted by molar-refractivity contribution is 9.10. The zero-order chi connectivity index (χ0) is 13.1. The highest BCUT2D eigenvalue weighted by Crippen LogP contribution is 2.30. The number of nitrogens with one attached hydrogen (secondary N) is 1. The van der Waals surface area contributed by atoms with Crippen molar-refractivity contribution in [2.45, 2.75) is 6.92 Å². The first-order chi connectivity index (χ1) is 8.61. The Bertz CT molecular complexity index is 632. The van der Waals surface area contributed by atoms with Crippen molar-refractivity contribution in [1.82, 2.24) is 0 Å². The van der Waals surface area contributed by atoms with Crippen LogP contribution in [-0.4, -0.2) is 0 Å². The molecule has 0 aromatic heterocycles. The van der Waals surface area contributed by atoms with E-state index in [9.17, 15) is 0 Å². The smallest absolute Gasteiger partial charge is 0.103 e. The largest absolute Gasteiger partial charge is 0.353 e. The number of halogens is 2. The summed E-state index contributed by atoms with van der Waals surface area (Å²) >= 11 is 9.48. The Labute approximate surface area is 119 Å². The van der Waals surface area contributed by atoms with Crippen molar-refractivity contribution in [3.8, 4) is 6.07 Å². The molecule has 0 spiro atoms. The molecule has 1 N–H and O–H groups in total. The van der Waals surface area contributed by atoms with Gasteiger partial charge >= 0.3 is 0 Å². The maximum atomic E-state index is 9.15. The lowest BCUT2D eigenvalue weighted by Gasteiger charge is -2.11. The maximum absolute atomic E-state index is 9.15. The van der Waals surface area contributed by atoms with Crippen LogP contribution in [0, 0.1) is 18.3 Å². The number of hydrogen-bond acceptors (Lipinski definition) is 2. The average molecular weight is 322 g/mol. The van der Waals surface area contributed by atoms with Gasteiger partial charge in [0.05, 0.1) is 22.0 Å². The lowest BCUT2D eigenvalue weighted by molar-refractivity contribution is 1.42. The van der Waals surface area contributed by atoms with Crippen molar-refractivity contribution >= 4 is 38.9 Å². The predicted octanol–water partition coefficient (Wildman–Crippen LogP) is 5.03. The minimum absolute atomic E-state index is 0.565. The molecule has 0 heterocycles. The van der Waals surface area contributed by atoms with E-state index in [4.69, 9.17) is 16.9 Å². The number of nitriles is 1. The Balaban J connectivity index is 2.44. The van der Waals surface area contributed by atoms with Gasteiger partial charge in [-0.3, -0.25) is 0 Å². The predicted molar refractivity (Wildman–Crippen MR) is 78.3 cm³/mol. The number of aryl methyl sites for hydroxylation is 1. The Morgan fingerprint density at radius 3 is 2.72 bits per heavy atom. The number of anilines is 2. The summed E-state index contributed by atoms with van der Waals surface area (Å²) in [5, 5.41) is 13.0. The molecule has 2 nitrogen and oxygen atoms in total. The third-order valence-corrected chi connectivity index (χ3v) is 3.51. The summed E-state index contributed by atoms with van der Waals surface area (Å²) < 4.78 is 0.763. The molecule has 2 aromatic carbocycles. The molecule has 0 radical (unpaired) electrons. The van der Waals surface area contributed by atoms with Gasteiger partial charge in [-0.1, -0.05) is 23.7 Å². The third kappa shape index (κ3) is 2.66. The van der Waals surface area contributed by atoms with Gasteiger partial charge < -0.3 is 5.32 Å². The van der Waals surface area contributed by atoms with Crippen LogP contribution in [0.25, 0.3) is 0 Å². The summed E-state index contributed by atoms with van der Waals surface area (Å²) in [6.07, 6.45) is 0. The van der Waals surface area contributed by atoms with Gasteiger partial charge in [-0.25, -0.2) is 0 Å². The first-order valence-electron chi connectivity index (χ1n) is 5.33. The molecular formula is C14H10BrClN2. The fraction of sp³-hybridized carbons (Fsp3) is 0.0714. The van der Waals surface area contributed by atoms with E-state index in [1.54, 1.807) is 0 Å². The number of benzene rings is 2. The van der Waals surface area contributed by atoms with Crippen LogP contribution in [-0.2, 0) is 0 Å². The van der Waals surface area contributed by atoms with Gasteiger partial charge in [0.2, 0.25) is 0 Å². The van der Waals surface area contributed by atoms with Gasteiger partial charge in [-0.2, -0.15) is 5.26 Å². The van der Waals surface area contributed by atoms with E-state index in [-0.39, 0.29) is 0 Å². The van der Waals surface area contributed by atoms with Crippen LogP contribution in [0.5, 0.6) is 0 Å². The molecule has 0 aliphatic carbocycles. The summed E-state index contributed by atoms with van der Waals surface area (Å²) in [6.45, 7) is 1.99. The summed E-state index contributed by atoms with van der Waals surface area (Å²) in [6, 6.07) is 13.5. The summed E-state index contributed by atoms with van der Waals surface area (Å²) in [5.41, 5.74) is 3.20. The van der Waals surface area contributed by atoms with Gasteiger partial charge in [0.25, 0.3) is 0 Å². The molecule has 0 atom stereocenters. The molecule has 0 saturated carbocycles. The average Bonchev–Trinajstić information content (AvgIpc) is 2.34. The maximum Gasteiger partial charge on any atom is 0.103 e. The SMILES string of the molecule is Cc1ccc(Cl)c(Nc2cccc(Br)c2C#N)c1. The van der Waals surface area contributed by atoms with Crippen LogP contribution in [0.2, 0.25) is 5.02 Å². The zero-order valence-corrected chi connectivity index (χ0v) is 12.0. The van der Waals surface area contributed by atoms with Crippen molar-refractivity contribution in [3.63, 3.8) is 0 Å². The minimum atomic E-state index is 0.565. The molecular weight excluding hydrogens is 312 g/mol. The van der Waals surface area contributed by atoms with Crippen LogP contribution in [0.3, 0.4) is 0 Å². The molecule has 0 aliphatic heterocycles. The van der Waals surface area contributed by atoms with E-state index in [2.05, 4.69) is 27.3 Å². The fourth-order valence-corrected chi connectivity index (χ4v) is 2.24. The van der Waals surface area contributed by atoms with E-state index in [0.29, 0.717) is 10.6 Å². The van der Waals surface area contributed by atoms with Crippen molar-refractivity contribution in [1.29, 1.82) is 5.26 Å². The Morgan fingerprint density at radius 2 is 2.00 bits per heavy atom. The van der Waals surface area contributed by atoms with Crippen LogP contribution in [0.15, 0.2) is 40.9 Å². The second kappa shape index (κ2) is 5.43. The fourth-order valence-electron chi connectivity index (χ4n) is 1.62. The van der Waals surface area contributed by atoms with E-state index < -0.39 is 0 Å². The first-order valence-corrected chi connectivity index (χ1v) is 6.50. The molecule has 0 fully saturated rings. The molecule has 4 heteroatoms. The molecule has 0 aliphatic rings. The number of rotatable bonds is 2. The van der Waals surface area contributed by atoms with Gasteiger partial charge in [0, 0.05) is 4.47 Å². The highest BCUT2D eigenvalue weighted by Gasteiger charge is 2.08. The molecule has 0 amide bonds. The summed E-state index contributed by atoms with van der Waals surface area (Å²) in [7, 11) is 0. The lowest BCUT2D eigenvalue weighted by atomic mass is 10.1. The summed E-state index contributed by atoms with van der Waals surface area (Å²) in [4.78, 5) is 0. The van der Waals surface area contributed by atoms with Gasteiger partial charge in [0.1, 0.15) is 6.07 Å². The summed E-state index contributed by atoms with van der Waals surface area (Å²) in [5.74, 6) is 0. The number of hydrogen-bond donors (Lipinski definition) is 1. The van der Waals surface area contributed by atoms with Crippen molar-refractivity contribution < 1.29 is 0 Å². The third-order valence-electron chi connectivity index (χ3n) is 2.52. The monoisotopic (exact) mass is 320 g/mol. The van der Waals surface area contributed by atoms with E-state index in [1.165, 1.54) is 0 Å². The van der Waals surface area contributed by atoms with Crippen LogP contribution in [0.4, 0.5) is 11.4 Å². The first kappa shape index (κ1) is 12.9. The van der Waals surface area contributed by atoms with E-state index >= 15 is 0 Å². The normalized spacial score (nSPS) is 9.89. The molecule has 0 saturated heterocycles. The zero-order valence-electron chi connectivity index (χ0n) is 9.67. The Morgan fingerprint density at radius 1 is 1.22 bits per heavy atom. The molecule has 0 bridgehead atoms. The minimum Gasteiger partial charge on any atom is -0.353 e. The Kier molecular flexibility index (Phi) is 3.90. The molecule has 90 valence electrons. The Hall–Kier alpha value is -1.50. The molecule has 0 unspecified atom stereocenters. The van der Waals surface area contributed by atoms with Crippen molar-refractivity contribution in [2.24, 2.45) is 0 Å². The standard InChI is InChI=1S/C14H10BrClN2/c1-9-5-6-12(16)14(7-9)18-13-4-2-3-11(15)10(13)8-17/h2-7,18H,1H3. The van der Waals surface area contributed by atoms with E-state index in [0.717, 1.165) is 21.4 Å². The van der Waals surface area contributed by atoms with Crippen LogP contribution in [0.1, 0.15) is 11.1 Å². The van der Waals surface area contributed by atoms with Crippen LogP contribution < -0.4 is 5.32 Å². The van der Waals surface area contributed by atoms with Gasteiger partial charge in [-0.05, 0) is 52.7 Å². The molecule has 18 heavy (non-hydrogen) atoms. The lowest BCUT2D eigenvalue weighted by Crippen LogP contribution is -1.95. The van der Waals surface area contributed by atoms with Gasteiger partial charge in [0.15, 0.2) is 0 Å². The highest BCUT2D eigenvalue weighted by atomic mass is 79.9. The second-order valence-electron chi connectivity index (χ2n) is 3.88. The van der Waals surface area contributed by atoms with E-state index in [1.807, 2.05) is 43.3 Å². The number of nitrogens with zero attached hydrogens (tertiary/aromatic N) is 1. The van der Waals surface area contributed by atoms with Crippen LogP contribution >= 0.6 is 27.5 Å². The van der Waals surface area contributed by atoms with Crippen molar-refractivity contribution in [2.75, 3.05) is 5.32 Å². The molecule has 2 rings (SSSR count). The second-order valence-corrected chi connectivity index (χ2v) is 5.14.